The summed E-state index contributed by atoms with van der Waals surface area (Å²) in [5.74, 6) is 2.21. The van der Waals surface area contributed by atoms with Crippen molar-refractivity contribution in [1.82, 2.24) is 9.97 Å². The van der Waals surface area contributed by atoms with Crippen molar-refractivity contribution in [2.24, 2.45) is 5.92 Å². The molecule has 0 bridgehead atoms. The van der Waals surface area contributed by atoms with Crippen LogP contribution in [-0.4, -0.2) is 29.6 Å². The van der Waals surface area contributed by atoms with E-state index in [0.717, 1.165) is 36.3 Å². The first-order valence-electron chi connectivity index (χ1n) is 8.27. The van der Waals surface area contributed by atoms with Crippen molar-refractivity contribution in [1.29, 1.82) is 0 Å². The lowest BCUT2D eigenvalue weighted by Crippen LogP contribution is -2.34. The van der Waals surface area contributed by atoms with E-state index in [1.165, 1.54) is 18.9 Å². The number of piperidine rings is 1. The highest BCUT2D eigenvalue weighted by atomic mass is 19.1. The summed E-state index contributed by atoms with van der Waals surface area (Å²) in [6.45, 7) is 4.97. The molecule has 0 radical (unpaired) electrons. The molecule has 0 atom stereocenters. The van der Waals surface area contributed by atoms with E-state index in [1.54, 1.807) is 12.3 Å². The smallest absolute Gasteiger partial charge is 0.227 e. The van der Waals surface area contributed by atoms with Crippen LogP contribution in [0.25, 0.3) is 0 Å². The van der Waals surface area contributed by atoms with Gasteiger partial charge < -0.3 is 10.2 Å². The largest absolute Gasteiger partial charge is 0.370 e. The van der Waals surface area contributed by atoms with E-state index in [4.69, 9.17) is 0 Å². The van der Waals surface area contributed by atoms with Gasteiger partial charge in [-0.3, -0.25) is 0 Å². The van der Waals surface area contributed by atoms with Crippen molar-refractivity contribution < 1.29 is 4.39 Å². The number of nitrogens with one attached hydrogen (secondary N) is 1. The van der Waals surface area contributed by atoms with Crippen LogP contribution < -0.4 is 10.2 Å². The Morgan fingerprint density at radius 1 is 1.22 bits per heavy atom. The van der Waals surface area contributed by atoms with Gasteiger partial charge in [-0.25, -0.2) is 9.37 Å². The van der Waals surface area contributed by atoms with Crippen LogP contribution in [0.4, 0.5) is 16.2 Å². The lowest BCUT2D eigenvalue weighted by molar-refractivity contribution is 0.434. The molecule has 3 rings (SSSR count). The molecule has 0 spiro atoms. The first-order chi connectivity index (χ1) is 11.2. The standard InChI is InChI=1S/C18H23FN4/c1-14-8-12-23(13-9-14)18-21-11-7-17(22-18)20-10-6-15-4-2-3-5-16(15)19/h2-5,7,11,14H,6,8-10,12-13H2,1H3,(H,20,21,22). The van der Waals surface area contributed by atoms with Crippen LogP contribution >= 0.6 is 0 Å². The molecule has 1 aromatic carbocycles. The first kappa shape index (κ1) is 15.7. The molecule has 2 aromatic rings. The molecule has 0 aliphatic carbocycles. The van der Waals surface area contributed by atoms with Crippen LogP contribution in [0.3, 0.4) is 0 Å². The molecule has 0 amide bonds. The van der Waals surface area contributed by atoms with Crippen molar-refractivity contribution in [3.8, 4) is 0 Å². The van der Waals surface area contributed by atoms with E-state index < -0.39 is 0 Å². The molecule has 1 N–H and O–H groups in total. The fraction of sp³-hybridized carbons (Fsp3) is 0.444. The molecule has 23 heavy (non-hydrogen) atoms. The van der Waals surface area contributed by atoms with Crippen molar-refractivity contribution in [3.63, 3.8) is 0 Å². The zero-order valence-electron chi connectivity index (χ0n) is 13.5. The summed E-state index contributed by atoms with van der Waals surface area (Å²) in [5, 5.41) is 3.26. The Hall–Kier alpha value is -2.17. The first-order valence-corrected chi connectivity index (χ1v) is 8.27. The molecular formula is C18H23FN4. The van der Waals surface area contributed by atoms with Crippen LogP contribution in [0.5, 0.6) is 0 Å². The lowest BCUT2D eigenvalue weighted by atomic mass is 10.00. The minimum atomic E-state index is -0.153. The molecule has 1 aliphatic rings. The number of halogens is 1. The third-order valence-electron chi connectivity index (χ3n) is 4.37. The van der Waals surface area contributed by atoms with E-state index in [9.17, 15) is 4.39 Å². The zero-order valence-corrected chi connectivity index (χ0v) is 13.5. The highest BCUT2D eigenvalue weighted by Gasteiger charge is 2.18. The summed E-state index contributed by atoms with van der Waals surface area (Å²) in [5.41, 5.74) is 0.722. The maximum Gasteiger partial charge on any atom is 0.227 e. The average molecular weight is 314 g/mol. The van der Waals surface area contributed by atoms with Gasteiger partial charge in [-0.1, -0.05) is 25.1 Å². The maximum absolute atomic E-state index is 13.6. The van der Waals surface area contributed by atoms with Crippen molar-refractivity contribution in [3.05, 3.63) is 47.9 Å². The Morgan fingerprint density at radius 3 is 2.78 bits per heavy atom. The van der Waals surface area contributed by atoms with E-state index in [-0.39, 0.29) is 5.82 Å². The molecule has 2 heterocycles. The number of benzene rings is 1. The third kappa shape index (κ3) is 4.18. The quantitative estimate of drug-likeness (QED) is 0.917. The van der Waals surface area contributed by atoms with Crippen LogP contribution in [0, 0.1) is 11.7 Å². The fourth-order valence-corrected chi connectivity index (χ4v) is 2.83. The zero-order chi connectivity index (χ0) is 16.1. The van der Waals surface area contributed by atoms with Crippen molar-refractivity contribution >= 4 is 11.8 Å². The van der Waals surface area contributed by atoms with E-state index in [2.05, 4.69) is 27.1 Å². The van der Waals surface area contributed by atoms with Gasteiger partial charge in [0.2, 0.25) is 5.95 Å². The summed E-state index contributed by atoms with van der Waals surface area (Å²) in [7, 11) is 0. The van der Waals surface area contributed by atoms with Gasteiger partial charge in [0.25, 0.3) is 0 Å². The summed E-state index contributed by atoms with van der Waals surface area (Å²) < 4.78 is 13.6. The van der Waals surface area contributed by atoms with E-state index in [1.807, 2.05) is 18.2 Å². The Balaban J connectivity index is 1.56. The maximum atomic E-state index is 13.6. The van der Waals surface area contributed by atoms with E-state index >= 15 is 0 Å². The Labute approximate surface area is 136 Å². The van der Waals surface area contributed by atoms with Gasteiger partial charge in [-0.15, -0.1) is 0 Å². The molecule has 0 saturated carbocycles. The number of hydrogen-bond donors (Lipinski definition) is 1. The van der Waals surface area contributed by atoms with Crippen molar-refractivity contribution in [2.45, 2.75) is 26.2 Å². The number of rotatable bonds is 5. The molecular weight excluding hydrogens is 291 g/mol. The Morgan fingerprint density at radius 2 is 2.00 bits per heavy atom. The van der Waals surface area contributed by atoms with Gasteiger partial charge in [0.15, 0.2) is 0 Å². The van der Waals surface area contributed by atoms with Gasteiger partial charge in [0.1, 0.15) is 11.6 Å². The fourth-order valence-electron chi connectivity index (χ4n) is 2.83. The second kappa shape index (κ2) is 7.40. The summed E-state index contributed by atoms with van der Waals surface area (Å²) in [6.07, 6.45) is 4.79. The normalized spacial score (nSPS) is 15.7. The third-order valence-corrected chi connectivity index (χ3v) is 4.37. The topological polar surface area (TPSA) is 41.1 Å². The second-order valence-electron chi connectivity index (χ2n) is 6.18. The van der Waals surface area contributed by atoms with Gasteiger partial charge in [-0.2, -0.15) is 4.98 Å². The molecule has 1 saturated heterocycles. The van der Waals surface area contributed by atoms with Crippen LogP contribution in [0.2, 0.25) is 0 Å². The lowest BCUT2D eigenvalue weighted by Gasteiger charge is -2.30. The second-order valence-corrected chi connectivity index (χ2v) is 6.18. The van der Waals surface area contributed by atoms with Gasteiger partial charge in [-0.05, 0) is 42.9 Å². The number of nitrogens with zero attached hydrogens (tertiary/aromatic N) is 3. The Bertz CT molecular complexity index is 638. The summed E-state index contributed by atoms with van der Waals surface area (Å²) in [4.78, 5) is 11.2. The highest BCUT2D eigenvalue weighted by molar-refractivity contribution is 5.41. The monoisotopic (exact) mass is 314 g/mol. The molecule has 1 aliphatic heterocycles. The minimum absolute atomic E-state index is 0.153. The summed E-state index contributed by atoms with van der Waals surface area (Å²) in [6, 6.07) is 8.74. The molecule has 1 fully saturated rings. The number of aromatic nitrogens is 2. The molecule has 5 heteroatoms. The molecule has 1 aromatic heterocycles. The molecule has 4 nitrogen and oxygen atoms in total. The number of anilines is 2. The average Bonchev–Trinajstić information content (AvgIpc) is 2.58. The predicted octanol–water partition coefficient (Wildman–Crippen LogP) is 3.51. The van der Waals surface area contributed by atoms with Crippen LogP contribution in [0.15, 0.2) is 36.5 Å². The summed E-state index contributed by atoms with van der Waals surface area (Å²) >= 11 is 0. The number of hydrogen-bond acceptors (Lipinski definition) is 4. The van der Waals surface area contributed by atoms with E-state index in [0.29, 0.717) is 13.0 Å². The highest BCUT2D eigenvalue weighted by Crippen LogP contribution is 2.20. The van der Waals surface area contributed by atoms with Gasteiger partial charge in [0.05, 0.1) is 0 Å². The molecule has 122 valence electrons. The van der Waals surface area contributed by atoms with Crippen LogP contribution in [0.1, 0.15) is 25.3 Å². The minimum Gasteiger partial charge on any atom is -0.370 e. The Kier molecular flexibility index (Phi) is 5.05. The molecule has 0 unspecified atom stereocenters. The van der Waals surface area contributed by atoms with Gasteiger partial charge >= 0.3 is 0 Å². The van der Waals surface area contributed by atoms with Gasteiger partial charge in [0, 0.05) is 25.8 Å². The van der Waals surface area contributed by atoms with Crippen molar-refractivity contribution in [2.75, 3.05) is 29.9 Å². The SMILES string of the molecule is CC1CCN(c2nccc(NCCc3ccccc3F)n2)CC1. The van der Waals surface area contributed by atoms with Crippen LogP contribution in [-0.2, 0) is 6.42 Å². The predicted molar refractivity (Wildman–Crippen MR) is 91.2 cm³/mol.